The van der Waals surface area contributed by atoms with Crippen molar-refractivity contribution in [3.63, 3.8) is 0 Å². The van der Waals surface area contributed by atoms with Crippen molar-refractivity contribution in [2.75, 3.05) is 45.0 Å². The molecule has 0 spiro atoms. The minimum absolute atomic E-state index is 0.0716. The SMILES string of the molecule is CCOC(OCC)P(=O)(OCC)C(Nc1ccc(Cc2ccccc2)cc1)P(=O)(OCC)C(OCC)OCC. The number of anilines is 1. The summed E-state index contributed by atoms with van der Waals surface area (Å²) in [5, 5.41) is 3.22. The van der Waals surface area contributed by atoms with E-state index in [1.54, 1.807) is 41.5 Å². The van der Waals surface area contributed by atoms with Gasteiger partial charge in [-0.25, -0.2) is 0 Å². The maximum absolute atomic E-state index is 14.8. The van der Waals surface area contributed by atoms with Gasteiger partial charge in [-0.2, -0.15) is 0 Å². The fourth-order valence-electron chi connectivity index (χ4n) is 4.08. The number of nitrogens with one attached hydrogen (secondary N) is 1. The van der Waals surface area contributed by atoms with Gasteiger partial charge in [-0.05, 0) is 71.2 Å². The largest absolute Gasteiger partial charge is 0.365 e. The molecule has 2 aromatic carbocycles. The summed E-state index contributed by atoms with van der Waals surface area (Å²) in [5.41, 5.74) is 1.48. The van der Waals surface area contributed by atoms with Crippen LogP contribution in [0.25, 0.3) is 0 Å². The molecular weight excluding hydrogens is 540 g/mol. The summed E-state index contributed by atoms with van der Waals surface area (Å²) >= 11 is 0. The van der Waals surface area contributed by atoms with E-state index in [0.717, 1.165) is 12.0 Å². The van der Waals surface area contributed by atoms with Gasteiger partial charge in [-0.3, -0.25) is 9.13 Å². The van der Waals surface area contributed by atoms with Gasteiger partial charge < -0.3 is 33.3 Å². The first-order chi connectivity index (χ1) is 18.8. The highest BCUT2D eigenvalue weighted by molar-refractivity contribution is 7.77. The molecule has 2 unspecified atom stereocenters. The molecule has 0 heterocycles. The van der Waals surface area contributed by atoms with Crippen molar-refractivity contribution < 1.29 is 37.1 Å². The maximum Gasteiger partial charge on any atom is 0.289 e. The Bertz CT molecular complexity index is 986. The summed E-state index contributed by atoms with van der Waals surface area (Å²) in [4.78, 5) is 0. The van der Waals surface area contributed by atoms with Gasteiger partial charge in [0.15, 0.2) is 5.52 Å². The van der Waals surface area contributed by atoms with Crippen LogP contribution in [0.3, 0.4) is 0 Å². The predicted octanol–water partition coefficient (Wildman–Crippen LogP) is 7.32. The quantitative estimate of drug-likeness (QED) is 0.127. The van der Waals surface area contributed by atoms with Gasteiger partial charge in [0.2, 0.25) is 12.1 Å². The average Bonchev–Trinajstić information content (AvgIpc) is 2.93. The van der Waals surface area contributed by atoms with Gasteiger partial charge in [0, 0.05) is 32.1 Å². The van der Waals surface area contributed by atoms with Crippen LogP contribution >= 0.6 is 14.7 Å². The molecule has 0 aliphatic carbocycles. The fourth-order valence-corrected chi connectivity index (χ4v) is 10.8. The van der Waals surface area contributed by atoms with Crippen molar-refractivity contribution in [1.82, 2.24) is 0 Å². The Labute approximate surface area is 233 Å². The standard InChI is InChI=1S/C28H45NO8P2/c1-7-32-27(33-8-2)38(30,36-11-5)26(39(31,37-12-6)28(34-9-3)35-10-4)29-25-20-18-24(19-21-25)22-23-16-14-13-15-17-23/h13-21,26-29H,7-12,22H2,1-6H3. The van der Waals surface area contributed by atoms with Crippen molar-refractivity contribution in [3.05, 3.63) is 65.7 Å². The fraction of sp³-hybridized carbons (Fsp3) is 0.571. The van der Waals surface area contributed by atoms with E-state index in [4.69, 9.17) is 28.0 Å². The number of hydrogen-bond donors (Lipinski definition) is 1. The number of rotatable bonds is 20. The van der Waals surface area contributed by atoms with Crippen molar-refractivity contribution in [2.24, 2.45) is 0 Å². The highest BCUT2D eigenvalue weighted by atomic mass is 31.2. The summed E-state index contributed by atoms with van der Waals surface area (Å²) in [6.45, 7) is 11.5. The van der Waals surface area contributed by atoms with Gasteiger partial charge >= 0.3 is 0 Å². The second kappa shape index (κ2) is 17.3. The summed E-state index contributed by atoms with van der Waals surface area (Å²) in [5.74, 6) is 0. The lowest BCUT2D eigenvalue weighted by Gasteiger charge is -2.39. The van der Waals surface area contributed by atoms with Crippen molar-refractivity contribution in [3.8, 4) is 0 Å². The highest BCUT2D eigenvalue weighted by Crippen LogP contribution is 2.73. The van der Waals surface area contributed by atoms with Gasteiger partial charge in [0.25, 0.3) is 14.7 Å². The van der Waals surface area contributed by atoms with Crippen LogP contribution in [-0.4, -0.2) is 57.2 Å². The van der Waals surface area contributed by atoms with Gasteiger partial charge in [-0.1, -0.05) is 42.5 Å². The third kappa shape index (κ3) is 9.24. The Morgan fingerprint density at radius 3 is 1.38 bits per heavy atom. The van der Waals surface area contributed by atoms with Crippen LogP contribution in [0.5, 0.6) is 0 Å². The molecule has 2 atom stereocenters. The molecular formula is C28H45NO8P2. The summed E-state index contributed by atoms with van der Waals surface area (Å²) < 4.78 is 64.6. The zero-order chi connectivity index (χ0) is 28.7. The van der Waals surface area contributed by atoms with Gasteiger partial charge in [0.1, 0.15) is 0 Å². The maximum atomic E-state index is 14.8. The summed E-state index contributed by atoms with van der Waals surface area (Å²) in [6, 6.07) is 15.2. The zero-order valence-corrected chi connectivity index (χ0v) is 25.8. The predicted molar refractivity (Wildman–Crippen MR) is 156 cm³/mol. The third-order valence-corrected chi connectivity index (χ3v) is 12.3. The van der Waals surface area contributed by atoms with Crippen molar-refractivity contribution in [1.29, 1.82) is 0 Å². The van der Waals surface area contributed by atoms with E-state index in [9.17, 15) is 9.13 Å². The van der Waals surface area contributed by atoms with Gasteiger partial charge in [-0.15, -0.1) is 0 Å². The molecule has 2 aromatic rings. The zero-order valence-electron chi connectivity index (χ0n) is 24.0. The molecule has 0 saturated carbocycles. The molecule has 0 radical (unpaired) electrons. The number of ether oxygens (including phenoxy) is 4. The van der Waals surface area contributed by atoms with Gasteiger partial charge in [0.05, 0.1) is 13.2 Å². The van der Waals surface area contributed by atoms with E-state index in [2.05, 4.69) is 17.4 Å². The molecule has 0 aliphatic rings. The Balaban J connectivity index is 2.61. The molecule has 0 aliphatic heterocycles. The smallest absolute Gasteiger partial charge is 0.289 e. The topological polar surface area (TPSA) is 102 Å². The van der Waals surface area contributed by atoms with E-state index >= 15 is 0 Å². The molecule has 2 rings (SSSR count). The molecule has 0 aromatic heterocycles. The molecule has 0 saturated heterocycles. The lowest BCUT2D eigenvalue weighted by atomic mass is 10.1. The summed E-state index contributed by atoms with van der Waals surface area (Å²) in [6.07, 6.45) is 0.757. The Hall–Kier alpha value is -1.54. The van der Waals surface area contributed by atoms with Crippen LogP contribution in [-0.2, 0) is 43.5 Å². The first-order valence-corrected chi connectivity index (χ1v) is 17.2. The highest BCUT2D eigenvalue weighted by Gasteiger charge is 2.58. The molecule has 39 heavy (non-hydrogen) atoms. The Morgan fingerprint density at radius 2 is 1.00 bits per heavy atom. The molecule has 9 nitrogen and oxygen atoms in total. The average molecular weight is 586 g/mol. The van der Waals surface area contributed by atoms with E-state index in [0.29, 0.717) is 5.69 Å². The third-order valence-electron chi connectivity index (χ3n) is 5.67. The van der Waals surface area contributed by atoms with E-state index in [1.165, 1.54) is 5.56 Å². The van der Waals surface area contributed by atoms with Crippen LogP contribution in [0.2, 0.25) is 0 Å². The molecule has 0 fully saturated rings. The lowest BCUT2D eigenvalue weighted by Crippen LogP contribution is -2.36. The minimum atomic E-state index is -4.06. The van der Waals surface area contributed by atoms with Crippen LogP contribution in [0.4, 0.5) is 5.69 Å². The second-order valence-electron chi connectivity index (χ2n) is 8.44. The van der Waals surface area contributed by atoms with E-state index in [-0.39, 0.29) is 39.6 Å². The van der Waals surface area contributed by atoms with Crippen LogP contribution in [0.15, 0.2) is 54.6 Å². The molecule has 0 amide bonds. The number of hydrogen-bond acceptors (Lipinski definition) is 9. The Kier molecular flexibility index (Phi) is 14.9. The lowest BCUT2D eigenvalue weighted by molar-refractivity contribution is -0.0925. The number of benzene rings is 2. The van der Waals surface area contributed by atoms with Crippen LogP contribution in [0.1, 0.15) is 52.7 Å². The van der Waals surface area contributed by atoms with Crippen LogP contribution < -0.4 is 5.32 Å². The second-order valence-corrected chi connectivity index (χ2v) is 13.8. The Morgan fingerprint density at radius 1 is 0.590 bits per heavy atom. The molecule has 0 bridgehead atoms. The van der Waals surface area contributed by atoms with Crippen molar-refractivity contribution in [2.45, 2.75) is 65.5 Å². The van der Waals surface area contributed by atoms with Crippen LogP contribution in [0, 0.1) is 0 Å². The molecule has 1 N–H and O–H groups in total. The monoisotopic (exact) mass is 585 g/mol. The summed E-state index contributed by atoms with van der Waals surface area (Å²) in [7, 11) is -8.12. The normalized spacial score (nSPS) is 15.7. The first kappa shape index (κ1) is 33.7. The minimum Gasteiger partial charge on any atom is -0.365 e. The molecule has 220 valence electrons. The van der Waals surface area contributed by atoms with E-state index < -0.39 is 32.3 Å². The molecule has 11 heteroatoms. The first-order valence-electron chi connectivity index (χ1n) is 13.7. The van der Waals surface area contributed by atoms with Crippen molar-refractivity contribution >= 4 is 20.4 Å². The van der Waals surface area contributed by atoms with E-state index in [1.807, 2.05) is 42.5 Å².